The highest BCUT2D eigenvalue weighted by Crippen LogP contribution is 2.32. The predicted octanol–water partition coefficient (Wildman–Crippen LogP) is -0.627. The van der Waals surface area contributed by atoms with Crippen molar-refractivity contribution in [3.05, 3.63) is 30.1 Å². The number of carbonyl (C=O) groups excluding carboxylic acids is 1. The van der Waals surface area contributed by atoms with E-state index in [1.165, 1.54) is 0 Å². The Morgan fingerprint density at radius 1 is 1.36 bits per heavy atom. The summed E-state index contributed by atoms with van der Waals surface area (Å²) in [7, 11) is -1.80. The summed E-state index contributed by atoms with van der Waals surface area (Å²) in [6, 6.07) is 3.44. The van der Waals surface area contributed by atoms with Gasteiger partial charge in [-0.1, -0.05) is 12.5 Å². The van der Waals surface area contributed by atoms with Gasteiger partial charge < -0.3 is 25.6 Å². The lowest BCUT2D eigenvalue weighted by Gasteiger charge is -2.34. The van der Waals surface area contributed by atoms with E-state index in [1.807, 2.05) is 0 Å². The van der Waals surface area contributed by atoms with Gasteiger partial charge in [0.05, 0.1) is 24.4 Å². The predicted molar refractivity (Wildman–Crippen MR) is 89.2 cm³/mol. The van der Waals surface area contributed by atoms with Crippen molar-refractivity contribution < 1.29 is 29.9 Å². The molecule has 0 spiro atoms. The highest BCUT2D eigenvalue weighted by atomic mass is 16.4. The maximum Gasteiger partial charge on any atom is 0.475 e. The van der Waals surface area contributed by atoms with Gasteiger partial charge in [0, 0.05) is 12.4 Å². The van der Waals surface area contributed by atoms with Crippen LogP contribution in [0.3, 0.4) is 0 Å². The molecule has 4 unspecified atom stereocenters. The van der Waals surface area contributed by atoms with Crippen LogP contribution in [0.5, 0.6) is 0 Å². The minimum absolute atomic E-state index is 0.0437. The van der Waals surface area contributed by atoms with Crippen LogP contribution in [0.15, 0.2) is 24.5 Å². The third-order valence-electron chi connectivity index (χ3n) is 4.65. The van der Waals surface area contributed by atoms with Crippen LogP contribution >= 0.6 is 0 Å². The Hall–Kier alpha value is -1.97. The molecule has 0 radical (unpaired) electrons. The molecular formula is C16H23BN2O6. The molecule has 5 N–H and O–H groups in total. The van der Waals surface area contributed by atoms with E-state index in [0.29, 0.717) is 24.8 Å². The number of hydrogen-bond donors (Lipinski definition) is 5. The molecule has 1 aliphatic rings. The molecule has 1 aliphatic carbocycles. The number of nitrogens with one attached hydrogen (secondary N) is 1. The third-order valence-corrected chi connectivity index (χ3v) is 4.65. The van der Waals surface area contributed by atoms with Gasteiger partial charge in [-0.3, -0.25) is 14.6 Å². The zero-order valence-corrected chi connectivity index (χ0v) is 13.8. The molecule has 0 bridgehead atoms. The molecule has 1 heterocycles. The molecule has 1 aromatic heterocycles. The van der Waals surface area contributed by atoms with Gasteiger partial charge in [-0.05, 0) is 36.8 Å². The number of amides is 1. The van der Waals surface area contributed by atoms with E-state index in [-0.39, 0.29) is 12.8 Å². The van der Waals surface area contributed by atoms with Crippen molar-refractivity contribution in [1.29, 1.82) is 0 Å². The van der Waals surface area contributed by atoms with Gasteiger partial charge in [-0.2, -0.15) is 0 Å². The first-order valence-electron chi connectivity index (χ1n) is 8.33. The first-order valence-corrected chi connectivity index (χ1v) is 8.33. The summed E-state index contributed by atoms with van der Waals surface area (Å²) >= 11 is 0. The Kier molecular flexibility index (Phi) is 6.92. The molecule has 9 heteroatoms. The van der Waals surface area contributed by atoms with E-state index in [0.717, 1.165) is 0 Å². The Labute approximate surface area is 146 Å². The molecule has 1 saturated carbocycles. The maximum absolute atomic E-state index is 12.1. The minimum Gasteiger partial charge on any atom is -0.481 e. The fourth-order valence-corrected chi connectivity index (χ4v) is 3.32. The molecule has 0 saturated heterocycles. The molecule has 8 nitrogen and oxygen atoms in total. The zero-order chi connectivity index (χ0) is 18.4. The summed E-state index contributed by atoms with van der Waals surface area (Å²) < 4.78 is 0. The standard InChI is InChI=1S/C16H23BN2O6/c20-14(7-10-3-2-6-18-9-10)19-13(17(24)25)8-11-4-1-5-12(15(11)21)16(22)23/h2-3,6,9,11-13,15,21,24-25H,1,4-5,7-8H2,(H,19,20)(H,22,23). The van der Waals surface area contributed by atoms with Crippen molar-refractivity contribution in [1.82, 2.24) is 10.3 Å². The van der Waals surface area contributed by atoms with Crippen LogP contribution in [-0.2, 0) is 16.0 Å². The SMILES string of the molecule is O=C(Cc1cccnc1)NC(CC1CCCC(C(=O)O)C1O)B(O)O. The molecule has 136 valence electrons. The van der Waals surface area contributed by atoms with Crippen molar-refractivity contribution in [2.24, 2.45) is 11.8 Å². The number of rotatable bonds is 7. The monoisotopic (exact) mass is 350 g/mol. The van der Waals surface area contributed by atoms with Crippen LogP contribution in [0.1, 0.15) is 31.2 Å². The lowest BCUT2D eigenvalue weighted by molar-refractivity contribution is -0.149. The second kappa shape index (κ2) is 8.93. The highest BCUT2D eigenvalue weighted by molar-refractivity contribution is 6.43. The van der Waals surface area contributed by atoms with Crippen LogP contribution in [0, 0.1) is 11.8 Å². The van der Waals surface area contributed by atoms with Crippen LogP contribution in [-0.4, -0.2) is 56.3 Å². The molecular weight excluding hydrogens is 327 g/mol. The summed E-state index contributed by atoms with van der Waals surface area (Å²) in [4.78, 5) is 27.2. The first kappa shape index (κ1) is 19.4. The number of aliphatic hydroxyl groups excluding tert-OH is 1. The lowest BCUT2D eigenvalue weighted by atomic mass is 9.69. The second-order valence-electron chi connectivity index (χ2n) is 6.49. The zero-order valence-electron chi connectivity index (χ0n) is 13.8. The molecule has 1 amide bonds. The van der Waals surface area contributed by atoms with Gasteiger partial charge in [0.1, 0.15) is 0 Å². The second-order valence-corrected chi connectivity index (χ2v) is 6.49. The van der Waals surface area contributed by atoms with E-state index < -0.39 is 42.9 Å². The smallest absolute Gasteiger partial charge is 0.475 e. The topological polar surface area (TPSA) is 140 Å². The Morgan fingerprint density at radius 2 is 2.12 bits per heavy atom. The molecule has 0 aliphatic heterocycles. The summed E-state index contributed by atoms with van der Waals surface area (Å²) in [5.74, 6) is -3.71. The van der Waals surface area contributed by atoms with Crippen LogP contribution in [0.4, 0.5) is 0 Å². The lowest BCUT2D eigenvalue weighted by Crippen LogP contribution is -2.50. The summed E-state index contributed by atoms with van der Waals surface area (Å²) in [5, 5.41) is 41.0. The van der Waals surface area contributed by atoms with E-state index >= 15 is 0 Å². The third kappa shape index (κ3) is 5.52. The molecule has 4 atom stereocenters. The van der Waals surface area contributed by atoms with Crippen molar-refractivity contribution in [2.45, 2.75) is 44.1 Å². The number of carboxylic acids is 1. The number of carbonyl (C=O) groups is 2. The first-order chi connectivity index (χ1) is 11.9. The average molecular weight is 350 g/mol. The Morgan fingerprint density at radius 3 is 2.72 bits per heavy atom. The number of aromatic nitrogens is 1. The van der Waals surface area contributed by atoms with Crippen LogP contribution in [0.2, 0.25) is 0 Å². The van der Waals surface area contributed by atoms with Crippen LogP contribution in [0.25, 0.3) is 0 Å². The number of aliphatic hydroxyl groups is 1. The van der Waals surface area contributed by atoms with Crippen LogP contribution < -0.4 is 5.32 Å². The van der Waals surface area contributed by atoms with Crippen molar-refractivity contribution >= 4 is 19.0 Å². The van der Waals surface area contributed by atoms with Crippen molar-refractivity contribution in [3.8, 4) is 0 Å². The van der Waals surface area contributed by atoms with Gasteiger partial charge in [0.2, 0.25) is 5.91 Å². The number of hydrogen-bond acceptors (Lipinski definition) is 6. The molecule has 0 aromatic carbocycles. The van der Waals surface area contributed by atoms with Gasteiger partial charge in [0.15, 0.2) is 0 Å². The average Bonchev–Trinajstić information content (AvgIpc) is 2.56. The van der Waals surface area contributed by atoms with E-state index in [2.05, 4.69) is 10.3 Å². The van der Waals surface area contributed by atoms with Gasteiger partial charge in [0.25, 0.3) is 0 Å². The maximum atomic E-state index is 12.1. The summed E-state index contributed by atoms with van der Waals surface area (Å²) in [5.41, 5.74) is 0.690. The normalized spacial score (nSPS) is 24.4. The van der Waals surface area contributed by atoms with Crippen molar-refractivity contribution in [2.75, 3.05) is 0 Å². The molecule has 2 rings (SSSR count). The number of aliphatic carboxylic acids is 1. The van der Waals surface area contributed by atoms with Gasteiger partial charge in [-0.15, -0.1) is 0 Å². The number of carboxylic acid groups (broad SMARTS) is 1. The van der Waals surface area contributed by atoms with Crippen molar-refractivity contribution in [3.63, 3.8) is 0 Å². The van der Waals surface area contributed by atoms with E-state index in [1.54, 1.807) is 24.5 Å². The number of nitrogens with zero attached hydrogens (tertiary/aromatic N) is 1. The Balaban J connectivity index is 1.96. The largest absolute Gasteiger partial charge is 0.481 e. The van der Waals surface area contributed by atoms with Gasteiger partial charge >= 0.3 is 13.1 Å². The van der Waals surface area contributed by atoms with Gasteiger partial charge in [-0.25, -0.2) is 0 Å². The fourth-order valence-electron chi connectivity index (χ4n) is 3.32. The van der Waals surface area contributed by atoms with E-state index in [9.17, 15) is 24.7 Å². The minimum atomic E-state index is -1.80. The summed E-state index contributed by atoms with van der Waals surface area (Å²) in [6.07, 6.45) is 3.82. The summed E-state index contributed by atoms with van der Waals surface area (Å²) in [6.45, 7) is 0. The molecule has 1 aromatic rings. The molecule has 25 heavy (non-hydrogen) atoms. The fraction of sp³-hybridized carbons (Fsp3) is 0.562. The molecule has 1 fully saturated rings. The van der Waals surface area contributed by atoms with E-state index in [4.69, 9.17) is 5.11 Å². The Bertz CT molecular complexity index is 585. The number of pyridine rings is 1. The highest BCUT2D eigenvalue weighted by Gasteiger charge is 2.39. The quantitative estimate of drug-likeness (QED) is 0.413.